The van der Waals surface area contributed by atoms with Crippen LogP contribution >= 0.6 is 0 Å². The quantitative estimate of drug-likeness (QED) is 0.453. The van der Waals surface area contributed by atoms with Gasteiger partial charge >= 0.3 is 5.97 Å². The van der Waals surface area contributed by atoms with E-state index in [2.05, 4.69) is 5.10 Å². The molecule has 17 heavy (non-hydrogen) atoms. The van der Waals surface area contributed by atoms with Gasteiger partial charge in [-0.15, -0.1) is 0 Å². The third-order valence-corrected chi connectivity index (χ3v) is 2.34. The van der Waals surface area contributed by atoms with E-state index in [0.29, 0.717) is 0 Å². The minimum Gasteiger partial charge on any atom is -0.468 e. The van der Waals surface area contributed by atoms with E-state index in [1.165, 1.54) is 7.11 Å². The molecule has 0 aliphatic rings. The van der Waals surface area contributed by atoms with Crippen LogP contribution in [0.4, 0.5) is 0 Å². The Labute approximate surface area is 102 Å². The third-order valence-electron chi connectivity index (χ3n) is 2.34. The van der Waals surface area contributed by atoms with E-state index in [1.54, 1.807) is 25.3 Å². The molecule has 4 heteroatoms. The molecule has 1 rings (SSSR count). The summed E-state index contributed by atoms with van der Waals surface area (Å²) in [6.07, 6.45) is 1.59. The molecule has 0 saturated heterocycles. The van der Waals surface area contributed by atoms with Crippen LogP contribution in [0, 0.1) is 6.92 Å². The molecule has 1 unspecified atom stereocenters. The number of hydrogen-bond acceptors (Lipinski definition) is 4. The number of esters is 1. The van der Waals surface area contributed by atoms with Crippen LogP contribution in [0.15, 0.2) is 29.4 Å². The van der Waals surface area contributed by atoms with Crippen molar-refractivity contribution in [3.63, 3.8) is 0 Å². The first-order valence-corrected chi connectivity index (χ1v) is 5.40. The summed E-state index contributed by atoms with van der Waals surface area (Å²) in [5.74, 6) is -0.762. The molecule has 1 atom stereocenters. The Bertz CT molecular complexity index is 396. The fraction of sp³-hybridized carbons (Fsp3) is 0.385. The van der Waals surface area contributed by atoms with Crippen molar-refractivity contribution in [2.75, 3.05) is 21.2 Å². The van der Waals surface area contributed by atoms with Crippen LogP contribution in [0.3, 0.4) is 0 Å². The molecule has 1 aromatic rings. The summed E-state index contributed by atoms with van der Waals surface area (Å²) in [7, 11) is 4.99. The second kappa shape index (κ2) is 6.03. The van der Waals surface area contributed by atoms with Gasteiger partial charge in [-0.3, -0.25) is 4.79 Å². The molecule has 0 amide bonds. The smallest absolute Gasteiger partial charge is 0.318 e. The lowest BCUT2D eigenvalue weighted by Crippen LogP contribution is -2.17. The van der Waals surface area contributed by atoms with Gasteiger partial charge in [-0.1, -0.05) is 29.8 Å². The van der Waals surface area contributed by atoms with Gasteiger partial charge in [0.05, 0.1) is 7.11 Å². The van der Waals surface area contributed by atoms with E-state index in [1.807, 2.05) is 31.2 Å². The molecule has 0 fully saturated rings. The zero-order valence-corrected chi connectivity index (χ0v) is 10.7. The Morgan fingerprint density at radius 1 is 1.35 bits per heavy atom. The van der Waals surface area contributed by atoms with E-state index in [0.717, 1.165) is 11.1 Å². The first kappa shape index (κ1) is 13.2. The van der Waals surface area contributed by atoms with Gasteiger partial charge in [0.2, 0.25) is 0 Å². The number of carbonyl (C=O) groups is 1. The maximum atomic E-state index is 11.7. The molecule has 4 nitrogen and oxygen atoms in total. The zero-order valence-electron chi connectivity index (χ0n) is 10.7. The van der Waals surface area contributed by atoms with Gasteiger partial charge in [0.1, 0.15) is 5.92 Å². The predicted molar refractivity (Wildman–Crippen MR) is 68.1 cm³/mol. The number of methoxy groups -OCH3 is 1. The number of rotatable bonds is 4. The van der Waals surface area contributed by atoms with Crippen LogP contribution in [0.1, 0.15) is 17.0 Å². The highest BCUT2D eigenvalue weighted by atomic mass is 16.5. The largest absolute Gasteiger partial charge is 0.468 e. The molecule has 92 valence electrons. The summed E-state index contributed by atoms with van der Waals surface area (Å²) in [6.45, 7) is 2.00. The van der Waals surface area contributed by atoms with Crippen molar-refractivity contribution in [2.45, 2.75) is 12.8 Å². The fourth-order valence-corrected chi connectivity index (χ4v) is 1.38. The minimum absolute atomic E-state index is 0.306. The van der Waals surface area contributed by atoms with Crippen LogP contribution < -0.4 is 0 Å². The monoisotopic (exact) mass is 234 g/mol. The van der Waals surface area contributed by atoms with Gasteiger partial charge in [-0.2, -0.15) is 5.10 Å². The average Bonchev–Trinajstić information content (AvgIpc) is 2.30. The maximum absolute atomic E-state index is 11.7. The molecule has 0 saturated carbocycles. The summed E-state index contributed by atoms with van der Waals surface area (Å²) in [5, 5.41) is 5.74. The van der Waals surface area contributed by atoms with Crippen LogP contribution in [-0.2, 0) is 9.53 Å². The summed E-state index contributed by atoms with van der Waals surface area (Å²) >= 11 is 0. The predicted octanol–water partition coefficient (Wildman–Crippen LogP) is 1.80. The van der Waals surface area contributed by atoms with Gasteiger partial charge < -0.3 is 9.75 Å². The van der Waals surface area contributed by atoms with Crippen molar-refractivity contribution in [3.05, 3.63) is 35.4 Å². The van der Waals surface area contributed by atoms with Crippen LogP contribution in [0.2, 0.25) is 0 Å². The van der Waals surface area contributed by atoms with Crippen molar-refractivity contribution in [1.82, 2.24) is 5.01 Å². The third kappa shape index (κ3) is 3.90. The number of ether oxygens (including phenoxy) is 1. The number of nitrogens with zero attached hydrogens (tertiary/aromatic N) is 2. The number of benzene rings is 1. The molecule has 0 bridgehead atoms. The Hall–Kier alpha value is -1.84. The van der Waals surface area contributed by atoms with Gasteiger partial charge in [0.15, 0.2) is 0 Å². The summed E-state index contributed by atoms with van der Waals surface area (Å²) < 4.78 is 4.78. The molecule has 0 aliphatic carbocycles. The first-order chi connectivity index (χ1) is 8.04. The van der Waals surface area contributed by atoms with Crippen molar-refractivity contribution >= 4 is 12.2 Å². The highest BCUT2D eigenvalue weighted by Crippen LogP contribution is 2.16. The Kier molecular flexibility index (Phi) is 4.69. The summed E-state index contributed by atoms with van der Waals surface area (Å²) in [6, 6.07) is 7.76. The maximum Gasteiger partial charge on any atom is 0.318 e. The Morgan fingerprint density at radius 3 is 2.41 bits per heavy atom. The second-order valence-electron chi connectivity index (χ2n) is 4.02. The van der Waals surface area contributed by atoms with Gasteiger partial charge in [0.25, 0.3) is 0 Å². The van der Waals surface area contributed by atoms with E-state index < -0.39 is 5.92 Å². The lowest BCUT2D eigenvalue weighted by molar-refractivity contribution is -0.140. The van der Waals surface area contributed by atoms with Crippen LogP contribution in [-0.4, -0.2) is 38.4 Å². The zero-order chi connectivity index (χ0) is 12.8. The molecule has 0 aliphatic heterocycles. The van der Waals surface area contributed by atoms with E-state index >= 15 is 0 Å². The highest BCUT2D eigenvalue weighted by molar-refractivity contribution is 5.95. The number of carbonyl (C=O) groups excluding carboxylic acids is 1. The van der Waals surface area contributed by atoms with Gasteiger partial charge in [0, 0.05) is 20.3 Å². The topological polar surface area (TPSA) is 41.9 Å². The number of hydrazone groups is 1. The minimum atomic E-state index is -0.456. The fourth-order valence-electron chi connectivity index (χ4n) is 1.38. The molecule has 0 aromatic heterocycles. The number of aryl methyl sites for hydroxylation is 1. The molecular weight excluding hydrogens is 216 g/mol. The van der Waals surface area contributed by atoms with Crippen molar-refractivity contribution in [3.8, 4) is 0 Å². The average molecular weight is 234 g/mol. The lowest BCUT2D eigenvalue weighted by atomic mass is 9.99. The van der Waals surface area contributed by atoms with Crippen molar-refractivity contribution in [2.24, 2.45) is 5.10 Å². The van der Waals surface area contributed by atoms with Crippen LogP contribution in [0.25, 0.3) is 0 Å². The lowest BCUT2D eigenvalue weighted by Gasteiger charge is -2.12. The van der Waals surface area contributed by atoms with Crippen molar-refractivity contribution in [1.29, 1.82) is 0 Å². The first-order valence-electron chi connectivity index (χ1n) is 5.40. The highest BCUT2D eigenvalue weighted by Gasteiger charge is 2.19. The van der Waals surface area contributed by atoms with Gasteiger partial charge in [-0.05, 0) is 12.5 Å². The van der Waals surface area contributed by atoms with E-state index in [9.17, 15) is 4.79 Å². The Morgan fingerprint density at radius 2 is 1.94 bits per heavy atom. The van der Waals surface area contributed by atoms with E-state index in [4.69, 9.17) is 4.74 Å². The normalized spacial score (nSPS) is 12.5. The molecule has 0 spiro atoms. The molecule has 1 aromatic carbocycles. The van der Waals surface area contributed by atoms with E-state index in [-0.39, 0.29) is 5.97 Å². The van der Waals surface area contributed by atoms with Gasteiger partial charge in [-0.25, -0.2) is 0 Å². The standard InChI is InChI=1S/C13H18N2O2/c1-10-5-7-11(8-6-10)12(13(16)17-4)9-14-15(2)3/h5-9,12H,1-4H3/b14-9+. The summed E-state index contributed by atoms with van der Waals surface area (Å²) in [4.78, 5) is 11.7. The molecule has 0 N–H and O–H groups in total. The second-order valence-corrected chi connectivity index (χ2v) is 4.02. The molecular formula is C13H18N2O2. The molecule has 0 heterocycles. The Balaban J connectivity index is 2.97. The summed E-state index contributed by atoms with van der Waals surface area (Å²) in [5.41, 5.74) is 2.04. The molecule has 0 radical (unpaired) electrons. The SMILES string of the molecule is COC(=O)C(/C=N/N(C)C)c1ccc(C)cc1. The van der Waals surface area contributed by atoms with Crippen molar-refractivity contribution < 1.29 is 9.53 Å². The van der Waals surface area contributed by atoms with Crippen LogP contribution in [0.5, 0.6) is 0 Å². The number of hydrogen-bond donors (Lipinski definition) is 0.